The fourth-order valence-corrected chi connectivity index (χ4v) is 4.81. The van der Waals surface area contributed by atoms with Gasteiger partial charge in [-0.3, -0.25) is 9.69 Å². The third kappa shape index (κ3) is 6.58. The van der Waals surface area contributed by atoms with Gasteiger partial charge in [0, 0.05) is 25.2 Å². The molecule has 0 spiro atoms. The van der Waals surface area contributed by atoms with Crippen LogP contribution in [0.25, 0.3) is 0 Å². The number of carbonyl (C=O) groups excluding carboxylic acids is 2. The number of amides is 1. The number of nitrogens with zero attached hydrogens (tertiary/aromatic N) is 1. The van der Waals surface area contributed by atoms with Crippen molar-refractivity contribution in [2.75, 3.05) is 39.5 Å². The monoisotopic (exact) mass is 466 g/mol. The maximum Gasteiger partial charge on any atom is 0.338 e. The molecule has 0 radical (unpaired) electrons. The Labute approximate surface area is 201 Å². The number of esters is 1. The van der Waals surface area contributed by atoms with Crippen molar-refractivity contribution in [1.82, 2.24) is 10.2 Å². The molecule has 0 atom stereocenters. The first-order chi connectivity index (χ1) is 16.6. The molecule has 1 saturated heterocycles. The molecule has 1 aliphatic carbocycles. The van der Waals surface area contributed by atoms with E-state index in [1.165, 1.54) is 19.3 Å². The molecule has 0 bridgehead atoms. The molecule has 2 aliphatic rings. The molecule has 1 N–H and O–H groups in total. The van der Waals surface area contributed by atoms with Gasteiger partial charge < -0.3 is 19.5 Å². The highest BCUT2D eigenvalue weighted by atomic mass is 16.5. The normalized spacial score (nSPS) is 18.1. The van der Waals surface area contributed by atoms with Crippen molar-refractivity contribution < 1.29 is 23.8 Å². The van der Waals surface area contributed by atoms with Crippen LogP contribution in [-0.2, 0) is 20.9 Å². The quantitative estimate of drug-likeness (QED) is 0.570. The molecule has 1 aliphatic heterocycles. The lowest BCUT2D eigenvalue weighted by atomic mass is 9.79. The summed E-state index contributed by atoms with van der Waals surface area (Å²) in [6.45, 7) is 4.02. The van der Waals surface area contributed by atoms with Gasteiger partial charge in [-0.1, -0.05) is 49.6 Å². The molecule has 1 amide bonds. The lowest BCUT2D eigenvalue weighted by Crippen LogP contribution is -2.59. The average molecular weight is 467 g/mol. The third-order valence-electron chi connectivity index (χ3n) is 6.75. The Morgan fingerprint density at radius 1 is 0.941 bits per heavy atom. The second-order valence-corrected chi connectivity index (χ2v) is 9.04. The first kappa shape index (κ1) is 24.2. The minimum Gasteiger partial charge on any atom is -0.489 e. The fraction of sp³-hybridized carbons (Fsp3) is 0.481. The Morgan fingerprint density at radius 3 is 2.35 bits per heavy atom. The molecular formula is C27H34N2O5. The van der Waals surface area contributed by atoms with E-state index in [9.17, 15) is 9.59 Å². The second-order valence-electron chi connectivity index (χ2n) is 9.04. The van der Waals surface area contributed by atoms with Crippen molar-refractivity contribution in [2.24, 2.45) is 0 Å². The molecule has 7 heteroatoms. The summed E-state index contributed by atoms with van der Waals surface area (Å²) in [7, 11) is 0. The molecule has 182 valence electrons. The van der Waals surface area contributed by atoms with E-state index in [0.29, 0.717) is 24.5 Å². The predicted octanol–water partition coefficient (Wildman–Crippen LogP) is 3.57. The van der Waals surface area contributed by atoms with Gasteiger partial charge in [0.1, 0.15) is 12.4 Å². The van der Waals surface area contributed by atoms with Crippen molar-refractivity contribution in [3.8, 4) is 5.75 Å². The summed E-state index contributed by atoms with van der Waals surface area (Å²) in [6, 6.07) is 16.6. The van der Waals surface area contributed by atoms with Crippen LogP contribution < -0.4 is 10.1 Å². The van der Waals surface area contributed by atoms with Crippen LogP contribution in [0, 0.1) is 0 Å². The Kier molecular flexibility index (Phi) is 8.55. The molecule has 0 unspecified atom stereocenters. The maximum absolute atomic E-state index is 12.5. The van der Waals surface area contributed by atoms with Crippen LogP contribution in [0.4, 0.5) is 0 Å². The third-order valence-corrected chi connectivity index (χ3v) is 6.75. The second kappa shape index (κ2) is 12.0. The molecule has 0 aromatic heterocycles. The van der Waals surface area contributed by atoms with E-state index in [1.807, 2.05) is 30.3 Å². The van der Waals surface area contributed by atoms with Gasteiger partial charge >= 0.3 is 5.97 Å². The zero-order valence-electron chi connectivity index (χ0n) is 19.7. The van der Waals surface area contributed by atoms with E-state index >= 15 is 0 Å². The molecule has 34 heavy (non-hydrogen) atoms. The Morgan fingerprint density at radius 2 is 1.65 bits per heavy atom. The van der Waals surface area contributed by atoms with E-state index in [-0.39, 0.29) is 18.1 Å². The number of hydrogen-bond acceptors (Lipinski definition) is 6. The van der Waals surface area contributed by atoms with Crippen LogP contribution in [-0.4, -0.2) is 61.8 Å². The molecular weight excluding hydrogens is 432 g/mol. The van der Waals surface area contributed by atoms with Crippen LogP contribution >= 0.6 is 0 Å². The van der Waals surface area contributed by atoms with Gasteiger partial charge in [0.15, 0.2) is 6.61 Å². The van der Waals surface area contributed by atoms with Gasteiger partial charge in [-0.2, -0.15) is 0 Å². The van der Waals surface area contributed by atoms with E-state index in [4.69, 9.17) is 14.2 Å². The largest absolute Gasteiger partial charge is 0.489 e. The number of carbonyl (C=O) groups is 2. The summed E-state index contributed by atoms with van der Waals surface area (Å²) in [5.74, 6) is -0.126. The number of benzene rings is 2. The predicted molar refractivity (Wildman–Crippen MR) is 129 cm³/mol. The van der Waals surface area contributed by atoms with E-state index in [1.54, 1.807) is 24.3 Å². The molecule has 1 heterocycles. The van der Waals surface area contributed by atoms with Gasteiger partial charge in [0.05, 0.1) is 18.8 Å². The fourth-order valence-electron chi connectivity index (χ4n) is 4.81. The average Bonchev–Trinajstić information content (AvgIpc) is 2.91. The molecule has 2 aromatic carbocycles. The number of hydrogen-bond donors (Lipinski definition) is 1. The number of nitrogens with one attached hydrogen (secondary N) is 1. The Balaban J connectivity index is 1.22. The van der Waals surface area contributed by atoms with Crippen molar-refractivity contribution in [1.29, 1.82) is 0 Å². The molecule has 2 fully saturated rings. The van der Waals surface area contributed by atoms with E-state index in [0.717, 1.165) is 44.7 Å². The van der Waals surface area contributed by atoms with Crippen LogP contribution in [0.1, 0.15) is 48.0 Å². The minimum absolute atomic E-state index is 0.0166. The van der Waals surface area contributed by atoms with Crippen molar-refractivity contribution in [3.05, 3.63) is 65.7 Å². The highest BCUT2D eigenvalue weighted by molar-refractivity contribution is 5.91. The van der Waals surface area contributed by atoms with Gasteiger partial charge in [-0.05, 0) is 42.7 Å². The smallest absolute Gasteiger partial charge is 0.338 e. The van der Waals surface area contributed by atoms with Gasteiger partial charge in [0.2, 0.25) is 0 Å². The Bertz CT molecular complexity index is 920. The zero-order chi connectivity index (χ0) is 23.6. The Hall–Kier alpha value is -2.90. The SMILES string of the molecule is O=C(COC(=O)c1ccc(OCc2ccccc2)cc1)NCC1(N2CCOCC2)CCCCC1. The van der Waals surface area contributed by atoms with E-state index < -0.39 is 5.97 Å². The van der Waals surface area contributed by atoms with Crippen molar-refractivity contribution in [3.63, 3.8) is 0 Å². The summed E-state index contributed by atoms with van der Waals surface area (Å²) in [5, 5.41) is 3.02. The number of ether oxygens (including phenoxy) is 3. The topological polar surface area (TPSA) is 77.1 Å². The molecule has 7 nitrogen and oxygen atoms in total. The van der Waals surface area contributed by atoms with Gasteiger partial charge in [0.25, 0.3) is 5.91 Å². The maximum atomic E-state index is 12.5. The summed E-state index contributed by atoms with van der Waals surface area (Å²) in [6.07, 6.45) is 5.74. The first-order valence-electron chi connectivity index (χ1n) is 12.2. The van der Waals surface area contributed by atoms with Crippen molar-refractivity contribution in [2.45, 2.75) is 44.2 Å². The van der Waals surface area contributed by atoms with Gasteiger partial charge in [-0.15, -0.1) is 0 Å². The molecule has 4 rings (SSSR count). The minimum atomic E-state index is -0.523. The lowest BCUT2D eigenvalue weighted by Gasteiger charge is -2.48. The highest BCUT2D eigenvalue weighted by Crippen LogP contribution is 2.33. The highest BCUT2D eigenvalue weighted by Gasteiger charge is 2.38. The molecule has 1 saturated carbocycles. The molecule has 2 aromatic rings. The summed E-state index contributed by atoms with van der Waals surface area (Å²) >= 11 is 0. The van der Waals surface area contributed by atoms with Gasteiger partial charge in [-0.25, -0.2) is 4.79 Å². The van der Waals surface area contributed by atoms with E-state index in [2.05, 4.69) is 10.2 Å². The van der Waals surface area contributed by atoms with Crippen LogP contribution in [0.5, 0.6) is 5.75 Å². The zero-order valence-corrected chi connectivity index (χ0v) is 19.7. The van der Waals surface area contributed by atoms with Crippen molar-refractivity contribution >= 4 is 11.9 Å². The summed E-state index contributed by atoms with van der Waals surface area (Å²) < 4.78 is 16.5. The summed E-state index contributed by atoms with van der Waals surface area (Å²) in [5.41, 5.74) is 1.44. The number of rotatable bonds is 9. The lowest BCUT2D eigenvalue weighted by molar-refractivity contribution is -0.125. The summed E-state index contributed by atoms with van der Waals surface area (Å²) in [4.78, 5) is 27.3. The van der Waals surface area contributed by atoms with Crippen LogP contribution in [0.15, 0.2) is 54.6 Å². The van der Waals surface area contributed by atoms with Crippen LogP contribution in [0.2, 0.25) is 0 Å². The standard InChI is InChI=1S/C27H34N2O5/c30-25(28-21-27(13-5-2-6-14-27)29-15-17-32-18-16-29)20-34-26(31)23-9-11-24(12-10-23)33-19-22-7-3-1-4-8-22/h1,3-4,7-12H,2,5-6,13-21H2,(H,28,30). The first-order valence-corrected chi connectivity index (χ1v) is 12.2. The number of morpholine rings is 1. The van der Waals surface area contributed by atoms with Crippen LogP contribution in [0.3, 0.4) is 0 Å².